The predicted octanol–water partition coefficient (Wildman–Crippen LogP) is 2.13. The van der Waals surface area contributed by atoms with E-state index in [2.05, 4.69) is 5.32 Å². The number of ether oxygens (including phenoxy) is 1. The zero-order valence-electron chi connectivity index (χ0n) is 15.5. The van der Waals surface area contributed by atoms with Crippen molar-refractivity contribution in [2.45, 2.75) is 6.54 Å². The molecule has 1 aliphatic heterocycles. The average Bonchev–Trinajstić information content (AvgIpc) is 3.10. The first-order chi connectivity index (χ1) is 14.2. The quantitative estimate of drug-likeness (QED) is 0.526. The highest BCUT2D eigenvalue weighted by molar-refractivity contribution is 6.33. The highest BCUT2D eigenvalue weighted by atomic mass is 35.5. The van der Waals surface area contributed by atoms with Crippen LogP contribution in [0.5, 0.6) is 5.75 Å². The number of carboxylic acids is 1. The zero-order chi connectivity index (χ0) is 21.7. The van der Waals surface area contributed by atoms with Gasteiger partial charge in [-0.05, 0) is 30.3 Å². The Kier molecular flexibility index (Phi) is 4.47. The summed E-state index contributed by atoms with van der Waals surface area (Å²) in [4.78, 5) is 49.3. The van der Waals surface area contributed by atoms with Crippen molar-refractivity contribution in [3.63, 3.8) is 0 Å². The van der Waals surface area contributed by atoms with Crippen molar-refractivity contribution in [1.82, 2.24) is 0 Å². The molecule has 4 rings (SSSR count). The van der Waals surface area contributed by atoms with Gasteiger partial charge in [0.1, 0.15) is 17.1 Å². The van der Waals surface area contributed by atoms with Crippen molar-refractivity contribution in [3.8, 4) is 5.75 Å². The first-order valence-electron chi connectivity index (χ1n) is 8.65. The number of rotatable bonds is 5. The van der Waals surface area contributed by atoms with Gasteiger partial charge in [0.15, 0.2) is 0 Å². The molecule has 10 heteroatoms. The molecule has 3 aromatic carbocycles. The summed E-state index contributed by atoms with van der Waals surface area (Å²) >= 11 is 6.27. The number of hydrogen-bond donors (Lipinski definition) is 3. The molecule has 0 saturated heterocycles. The number of anilines is 4. The van der Waals surface area contributed by atoms with E-state index in [1.54, 1.807) is 6.07 Å². The van der Waals surface area contributed by atoms with Gasteiger partial charge in [-0.15, -0.1) is 0 Å². The molecule has 3 aromatic rings. The molecule has 9 nitrogen and oxygen atoms in total. The number of hydrogen-bond acceptors (Lipinski definition) is 7. The van der Waals surface area contributed by atoms with Crippen LogP contribution in [-0.2, 0) is 6.54 Å². The Morgan fingerprint density at radius 3 is 2.57 bits per heavy atom. The van der Waals surface area contributed by atoms with E-state index >= 15 is 0 Å². The number of benzene rings is 2. The molecule has 30 heavy (non-hydrogen) atoms. The highest BCUT2D eigenvalue weighted by Crippen LogP contribution is 2.39. The van der Waals surface area contributed by atoms with E-state index in [1.807, 2.05) is 0 Å². The second-order valence-electron chi connectivity index (χ2n) is 6.60. The summed E-state index contributed by atoms with van der Waals surface area (Å²) in [6.07, 6.45) is 0. The van der Waals surface area contributed by atoms with Crippen molar-refractivity contribution >= 4 is 46.2 Å². The summed E-state index contributed by atoms with van der Waals surface area (Å²) in [5.74, 6) is -1.41. The number of nitrogens with one attached hydrogen (secondary N) is 1. The third-order valence-electron chi connectivity index (χ3n) is 4.96. The number of carbonyl (C=O) groups excluding carboxylic acids is 1. The molecule has 0 aromatic heterocycles. The fourth-order valence-corrected chi connectivity index (χ4v) is 3.62. The summed E-state index contributed by atoms with van der Waals surface area (Å²) in [5.41, 5.74) is 4.60. The fraction of sp³-hybridized carbons (Fsp3) is 0.100. The van der Waals surface area contributed by atoms with Crippen LogP contribution in [-0.4, -0.2) is 24.1 Å². The van der Waals surface area contributed by atoms with Crippen molar-refractivity contribution in [2.75, 3.05) is 23.1 Å². The van der Waals surface area contributed by atoms with E-state index in [9.17, 15) is 24.3 Å². The molecule has 152 valence electrons. The van der Waals surface area contributed by atoms with Crippen LogP contribution in [0.2, 0.25) is 5.02 Å². The lowest BCUT2D eigenvalue weighted by molar-refractivity contribution is 0.0697. The van der Waals surface area contributed by atoms with Gasteiger partial charge in [0, 0.05) is 10.6 Å². The summed E-state index contributed by atoms with van der Waals surface area (Å²) < 4.78 is 5.07. The van der Waals surface area contributed by atoms with Crippen LogP contribution in [0.3, 0.4) is 0 Å². The Hall–Kier alpha value is -3.85. The first kappa shape index (κ1) is 19.5. The molecule has 0 atom stereocenters. The minimum absolute atomic E-state index is 0.0243. The monoisotopic (exact) mass is 427 g/mol. The van der Waals surface area contributed by atoms with Crippen molar-refractivity contribution < 1.29 is 19.4 Å². The molecule has 1 aliphatic rings. The van der Waals surface area contributed by atoms with Gasteiger partial charge < -0.3 is 25.8 Å². The van der Waals surface area contributed by atoms with Crippen LogP contribution in [0.15, 0.2) is 39.9 Å². The van der Waals surface area contributed by atoms with Gasteiger partial charge in [-0.25, -0.2) is 4.79 Å². The molecule has 0 saturated carbocycles. The van der Waals surface area contributed by atoms with E-state index in [-0.39, 0.29) is 40.4 Å². The first-order valence-corrected chi connectivity index (χ1v) is 9.02. The molecular weight excluding hydrogens is 414 g/mol. The van der Waals surface area contributed by atoms with Crippen molar-refractivity contribution in [2.24, 2.45) is 0 Å². The molecule has 4 N–H and O–H groups in total. The Balaban J connectivity index is 1.79. The topological polar surface area (TPSA) is 139 Å². The van der Waals surface area contributed by atoms with Crippen LogP contribution in [0.4, 0.5) is 22.7 Å². The maximum atomic E-state index is 13.2. The smallest absolute Gasteiger partial charge is 0.337 e. The van der Waals surface area contributed by atoms with Crippen molar-refractivity contribution in [1.29, 1.82) is 0 Å². The number of halogens is 1. The highest BCUT2D eigenvalue weighted by Gasteiger charge is 2.35. The lowest BCUT2D eigenvalue weighted by atomic mass is 10.1. The number of fused-ring (bicyclic) bond motifs is 1. The molecule has 1 heterocycles. The van der Waals surface area contributed by atoms with Gasteiger partial charge in [-0.2, -0.15) is 0 Å². The SMILES string of the molecule is COc1ccc(N2Cc3c(Cl)ccc(Nc4c(N)c(=O)c4=O)c3C2=O)c(C(=O)O)c1. The zero-order valence-corrected chi connectivity index (χ0v) is 16.2. The Morgan fingerprint density at radius 1 is 1.20 bits per heavy atom. The second kappa shape index (κ2) is 6.89. The number of aromatic carboxylic acids is 1. The van der Waals surface area contributed by atoms with Crippen LogP contribution < -0.4 is 31.5 Å². The summed E-state index contributed by atoms with van der Waals surface area (Å²) in [7, 11) is 1.40. The molecule has 0 aliphatic carbocycles. The summed E-state index contributed by atoms with van der Waals surface area (Å²) in [6.45, 7) is 0.0243. The van der Waals surface area contributed by atoms with Crippen LogP contribution >= 0.6 is 11.6 Å². The number of nitrogen functional groups attached to an aromatic ring is 1. The van der Waals surface area contributed by atoms with Gasteiger partial charge in [0.05, 0.1) is 36.2 Å². The number of carbonyl (C=O) groups is 2. The second-order valence-corrected chi connectivity index (χ2v) is 7.01. The Morgan fingerprint density at radius 2 is 1.93 bits per heavy atom. The minimum atomic E-state index is -1.23. The Labute approximate surface area is 173 Å². The fourth-order valence-electron chi connectivity index (χ4n) is 3.40. The summed E-state index contributed by atoms with van der Waals surface area (Å²) in [6, 6.07) is 7.36. The minimum Gasteiger partial charge on any atom is -0.497 e. The number of amides is 1. The molecule has 0 radical (unpaired) electrons. The molecule has 0 unspecified atom stereocenters. The third-order valence-corrected chi connectivity index (χ3v) is 5.32. The maximum absolute atomic E-state index is 13.2. The van der Waals surface area contributed by atoms with E-state index in [1.165, 1.54) is 36.3 Å². The Bertz CT molecular complexity index is 1310. The number of methoxy groups -OCH3 is 1. The van der Waals surface area contributed by atoms with Crippen LogP contribution in [0, 0.1) is 0 Å². The number of nitrogens with two attached hydrogens (primary N) is 1. The van der Waals surface area contributed by atoms with Gasteiger partial charge in [0.2, 0.25) is 0 Å². The van der Waals surface area contributed by atoms with Gasteiger partial charge in [-0.1, -0.05) is 11.6 Å². The van der Waals surface area contributed by atoms with Crippen molar-refractivity contribution in [3.05, 3.63) is 72.5 Å². The van der Waals surface area contributed by atoms with Gasteiger partial charge in [-0.3, -0.25) is 14.4 Å². The largest absolute Gasteiger partial charge is 0.497 e. The molecule has 0 fully saturated rings. The average molecular weight is 428 g/mol. The third kappa shape index (κ3) is 2.79. The van der Waals surface area contributed by atoms with E-state index < -0.39 is 22.7 Å². The predicted molar refractivity (Wildman–Crippen MR) is 111 cm³/mol. The van der Waals surface area contributed by atoms with E-state index in [0.29, 0.717) is 16.3 Å². The molecule has 0 spiro atoms. The molecule has 1 amide bonds. The number of nitrogens with zero attached hydrogens (tertiary/aromatic N) is 1. The maximum Gasteiger partial charge on any atom is 0.337 e. The van der Waals surface area contributed by atoms with E-state index in [4.69, 9.17) is 22.1 Å². The lowest BCUT2D eigenvalue weighted by Crippen LogP contribution is -2.36. The van der Waals surface area contributed by atoms with Crippen LogP contribution in [0.25, 0.3) is 0 Å². The normalized spacial score (nSPS) is 12.9. The van der Waals surface area contributed by atoms with Gasteiger partial charge >= 0.3 is 5.97 Å². The summed E-state index contributed by atoms with van der Waals surface area (Å²) in [5, 5.41) is 12.6. The van der Waals surface area contributed by atoms with Gasteiger partial charge in [0.25, 0.3) is 16.8 Å². The van der Waals surface area contributed by atoms with Crippen LogP contribution in [0.1, 0.15) is 26.3 Å². The lowest BCUT2D eigenvalue weighted by Gasteiger charge is -2.19. The van der Waals surface area contributed by atoms with E-state index in [0.717, 1.165) is 0 Å². The standard InChI is InChI=1S/C20H14ClN3O6/c1-30-8-2-5-13(9(6-8)20(28)29)24-7-10-11(21)3-4-12(14(10)19(24)27)23-16-15(22)17(25)18(16)26/h2-6,23H,7,22H2,1H3,(H,28,29). The molecular formula is C20H14ClN3O6. The number of carboxylic acid groups (broad SMARTS) is 1. The molecule has 0 bridgehead atoms.